The number of hydrogen-bond acceptors (Lipinski definition) is 2. The molecule has 1 aliphatic heterocycles. The van der Waals surface area contributed by atoms with Gasteiger partial charge in [0.1, 0.15) is 5.75 Å². The molecule has 0 amide bonds. The lowest BCUT2D eigenvalue weighted by Gasteiger charge is -2.22. The number of para-hydroxylation sites is 1. The van der Waals surface area contributed by atoms with Gasteiger partial charge >= 0.3 is 0 Å². The maximum atomic E-state index is 5.89. The summed E-state index contributed by atoms with van der Waals surface area (Å²) in [6.45, 7) is 6.31. The van der Waals surface area contributed by atoms with Gasteiger partial charge in [-0.1, -0.05) is 32.4 Å². The number of anilines is 1. The molecule has 2 nitrogen and oxygen atoms in total. The van der Waals surface area contributed by atoms with Crippen LogP contribution in [0.25, 0.3) is 0 Å². The van der Waals surface area contributed by atoms with Gasteiger partial charge in [0.15, 0.2) is 0 Å². The third-order valence-corrected chi connectivity index (χ3v) is 3.26. The molecule has 1 aliphatic rings. The van der Waals surface area contributed by atoms with Crippen molar-refractivity contribution >= 4 is 5.69 Å². The van der Waals surface area contributed by atoms with Crippen LogP contribution in [0.3, 0.4) is 0 Å². The number of aryl methyl sites for hydroxylation is 1. The Morgan fingerprint density at radius 3 is 3.12 bits per heavy atom. The maximum Gasteiger partial charge on any atom is 0.142 e. The van der Waals surface area contributed by atoms with E-state index in [1.54, 1.807) is 0 Å². The Hall–Kier alpha value is -1.18. The smallest absolute Gasteiger partial charge is 0.142 e. The summed E-state index contributed by atoms with van der Waals surface area (Å²) in [5.41, 5.74) is 2.62. The van der Waals surface area contributed by atoms with E-state index in [4.69, 9.17) is 4.74 Å². The largest absolute Gasteiger partial charge is 0.491 e. The zero-order valence-corrected chi connectivity index (χ0v) is 10.3. The molecule has 2 rings (SSSR count). The zero-order valence-electron chi connectivity index (χ0n) is 10.3. The van der Waals surface area contributed by atoms with Crippen molar-refractivity contribution in [2.24, 2.45) is 5.92 Å². The van der Waals surface area contributed by atoms with Crippen LogP contribution < -0.4 is 10.1 Å². The molecule has 0 fully saturated rings. The monoisotopic (exact) mass is 219 g/mol. The van der Waals surface area contributed by atoms with E-state index in [2.05, 4.69) is 37.4 Å². The molecule has 88 valence electrons. The zero-order chi connectivity index (χ0) is 11.4. The number of hydrogen-bond donors (Lipinski definition) is 1. The highest BCUT2D eigenvalue weighted by molar-refractivity contribution is 5.63. The van der Waals surface area contributed by atoms with E-state index in [1.165, 1.54) is 30.5 Å². The molecule has 2 heteroatoms. The fourth-order valence-electron chi connectivity index (χ4n) is 1.95. The van der Waals surface area contributed by atoms with Gasteiger partial charge in [0.05, 0.1) is 12.3 Å². The first-order valence-corrected chi connectivity index (χ1v) is 6.29. The van der Waals surface area contributed by atoms with E-state index in [9.17, 15) is 0 Å². The summed E-state index contributed by atoms with van der Waals surface area (Å²) in [4.78, 5) is 0. The Labute approximate surface area is 98.0 Å². The minimum Gasteiger partial charge on any atom is -0.491 e. The van der Waals surface area contributed by atoms with Gasteiger partial charge in [-0.25, -0.2) is 0 Å². The first-order valence-electron chi connectivity index (χ1n) is 6.29. The van der Waals surface area contributed by atoms with E-state index < -0.39 is 0 Å². The van der Waals surface area contributed by atoms with Gasteiger partial charge in [-0.2, -0.15) is 0 Å². The minimum absolute atomic E-state index is 0.624. The van der Waals surface area contributed by atoms with E-state index >= 15 is 0 Å². The average molecular weight is 219 g/mol. The second-order valence-electron chi connectivity index (χ2n) is 4.65. The lowest BCUT2D eigenvalue weighted by atomic mass is 10.0. The molecule has 1 unspecified atom stereocenters. The van der Waals surface area contributed by atoms with Crippen LogP contribution in [-0.4, -0.2) is 13.2 Å². The molecule has 0 saturated heterocycles. The van der Waals surface area contributed by atoms with Gasteiger partial charge in [0, 0.05) is 6.54 Å². The van der Waals surface area contributed by atoms with Gasteiger partial charge in [-0.15, -0.1) is 0 Å². The van der Waals surface area contributed by atoms with E-state index in [0.29, 0.717) is 5.92 Å². The normalized spacial score (nSPS) is 16.1. The highest BCUT2D eigenvalue weighted by atomic mass is 16.5. The molecule has 0 bridgehead atoms. The molecular formula is C14H21NO. The van der Waals surface area contributed by atoms with Crippen LogP contribution in [0.1, 0.15) is 32.3 Å². The van der Waals surface area contributed by atoms with Crippen molar-refractivity contribution in [3.8, 4) is 5.75 Å². The van der Waals surface area contributed by atoms with Gasteiger partial charge in [0.2, 0.25) is 0 Å². The Balaban J connectivity index is 2.08. The molecule has 1 N–H and O–H groups in total. The molecule has 1 atom stereocenters. The van der Waals surface area contributed by atoms with Crippen molar-refractivity contribution in [3.05, 3.63) is 23.8 Å². The van der Waals surface area contributed by atoms with E-state index in [1.807, 2.05) is 0 Å². The molecule has 1 heterocycles. The summed E-state index contributed by atoms with van der Waals surface area (Å²) in [5.74, 6) is 1.65. The molecule has 0 spiro atoms. The highest BCUT2D eigenvalue weighted by Crippen LogP contribution is 2.32. The first-order chi connectivity index (χ1) is 7.81. The van der Waals surface area contributed by atoms with Crippen LogP contribution in [0.15, 0.2) is 18.2 Å². The van der Waals surface area contributed by atoms with Crippen LogP contribution in [0, 0.1) is 5.92 Å². The minimum atomic E-state index is 0.624. The van der Waals surface area contributed by atoms with E-state index in [0.717, 1.165) is 18.9 Å². The molecule has 0 aliphatic carbocycles. The topological polar surface area (TPSA) is 21.3 Å². The fraction of sp³-hybridized carbons (Fsp3) is 0.571. The Kier molecular flexibility index (Phi) is 3.70. The molecule has 1 aromatic carbocycles. The summed E-state index contributed by atoms with van der Waals surface area (Å²) in [6.07, 6.45) is 3.56. The first kappa shape index (κ1) is 11.3. The van der Waals surface area contributed by atoms with Crippen molar-refractivity contribution in [2.45, 2.75) is 33.1 Å². The predicted molar refractivity (Wildman–Crippen MR) is 68.2 cm³/mol. The number of ether oxygens (including phenoxy) is 1. The van der Waals surface area contributed by atoms with Crippen LogP contribution in [0.2, 0.25) is 0 Å². The Morgan fingerprint density at radius 1 is 1.44 bits per heavy atom. The fourth-order valence-corrected chi connectivity index (χ4v) is 1.95. The van der Waals surface area contributed by atoms with Crippen molar-refractivity contribution in [1.29, 1.82) is 0 Å². The van der Waals surface area contributed by atoms with Crippen molar-refractivity contribution in [1.82, 2.24) is 0 Å². The Bertz CT molecular complexity index is 349. The second-order valence-corrected chi connectivity index (χ2v) is 4.65. The molecule has 0 radical (unpaired) electrons. The second kappa shape index (κ2) is 5.24. The van der Waals surface area contributed by atoms with Gasteiger partial charge in [0.25, 0.3) is 0 Å². The molecule has 0 aromatic heterocycles. The number of benzene rings is 1. The average Bonchev–Trinajstić information content (AvgIpc) is 2.35. The van der Waals surface area contributed by atoms with Crippen LogP contribution in [-0.2, 0) is 6.42 Å². The van der Waals surface area contributed by atoms with Crippen molar-refractivity contribution < 1.29 is 4.74 Å². The predicted octanol–water partition coefficient (Wildman–Crippen LogP) is 3.47. The summed E-state index contributed by atoms with van der Waals surface area (Å²) in [7, 11) is 0. The van der Waals surface area contributed by atoms with Crippen molar-refractivity contribution in [3.63, 3.8) is 0 Å². The lowest BCUT2D eigenvalue weighted by molar-refractivity contribution is 0.257. The van der Waals surface area contributed by atoms with Crippen LogP contribution in [0.5, 0.6) is 5.75 Å². The maximum absolute atomic E-state index is 5.89. The van der Waals surface area contributed by atoms with Gasteiger partial charge in [-0.05, 0) is 30.4 Å². The van der Waals surface area contributed by atoms with E-state index in [-0.39, 0.29) is 0 Å². The molecular weight excluding hydrogens is 198 g/mol. The number of fused-ring (bicyclic) bond motifs is 1. The lowest BCUT2D eigenvalue weighted by Crippen LogP contribution is -2.14. The van der Waals surface area contributed by atoms with Crippen molar-refractivity contribution in [2.75, 3.05) is 18.5 Å². The third kappa shape index (κ3) is 2.49. The quantitative estimate of drug-likeness (QED) is 0.837. The Morgan fingerprint density at radius 2 is 2.31 bits per heavy atom. The molecule has 0 saturated carbocycles. The van der Waals surface area contributed by atoms with Crippen LogP contribution >= 0.6 is 0 Å². The van der Waals surface area contributed by atoms with Gasteiger partial charge < -0.3 is 10.1 Å². The summed E-state index contributed by atoms with van der Waals surface area (Å²) >= 11 is 0. The SMILES string of the molecule is CCC(C)COc1cccc2c1NCCC2. The standard InChI is InChI=1S/C14H21NO/c1-3-11(2)10-16-13-8-4-6-12-7-5-9-15-14(12)13/h4,6,8,11,15H,3,5,7,9-10H2,1-2H3. The summed E-state index contributed by atoms with van der Waals surface area (Å²) in [6, 6.07) is 6.36. The summed E-state index contributed by atoms with van der Waals surface area (Å²) < 4.78 is 5.89. The molecule has 16 heavy (non-hydrogen) atoms. The summed E-state index contributed by atoms with van der Waals surface area (Å²) in [5, 5.41) is 3.45. The molecule has 1 aromatic rings. The highest BCUT2D eigenvalue weighted by Gasteiger charge is 2.13. The third-order valence-electron chi connectivity index (χ3n) is 3.26. The number of rotatable bonds is 4. The van der Waals surface area contributed by atoms with Crippen LogP contribution in [0.4, 0.5) is 5.69 Å². The number of nitrogens with one attached hydrogen (secondary N) is 1. The van der Waals surface area contributed by atoms with Gasteiger partial charge in [-0.3, -0.25) is 0 Å².